The van der Waals surface area contributed by atoms with Gasteiger partial charge in [0.05, 0.1) is 12.1 Å². The first kappa shape index (κ1) is 30.4. The number of hydrogen-bond acceptors (Lipinski definition) is 7. The largest absolute Gasteiger partial charge is 0.494 e. The highest BCUT2D eigenvalue weighted by Gasteiger charge is 2.29. The number of rotatable bonds is 6. The van der Waals surface area contributed by atoms with E-state index < -0.39 is 17.5 Å². The minimum absolute atomic E-state index is 0.00432. The topological polar surface area (TPSA) is 99.8 Å². The molecule has 1 aliphatic heterocycles. The highest BCUT2D eigenvalue weighted by molar-refractivity contribution is 6.36. The predicted octanol–water partition coefficient (Wildman–Crippen LogP) is 7.59. The van der Waals surface area contributed by atoms with E-state index in [1.54, 1.807) is 37.4 Å². The highest BCUT2D eigenvalue weighted by atomic mass is 35.5. The van der Waals surface area contributed by atoms with Gasteiger partial charge in [-0.1, -0.05) is 36.2 Å². The van der Waals surface area contributed by atoms with Gasteiger partial charge in [-0.3, -0.25) is 4.98 Å². The molecule has 2 unspecified atom stereocenters. The molecule has 1 amide bonds. The summed E-state index contributed by atoms with van der Waals surface area (Å²) in [5.41, 5.74) is 8.91. The van der Waals surface area contributed by atoms with E-state index in [-0.39, 0.29) is 33.6 Å². The summed E-state index contributed by atoms with van der Waals surface area (Å²) >= 11 is 12.4. The third-order valence-corrected chi connectivity index (χ3v) is 7.27. The quantitative estimate of drug-likeness (QED) is 0.290. The lowest BCUT2D eigenvalue weighted by atomic mass is 9.92. The average Bonchev–Trinajstić information content (AvgIpc) is 2.91. The number of amides is 1. The fraction of sp³-hybridized carbons (Fsp3) is 0.367. The number of nitrogens with two attached hydrogens (primary N) is 1. The van der Waals surface area contributed by atoms with Crippen molar-refractivity contribution in [3.8, 4) is 22.6 Å². The van der Waals surface area contributed by atoms with Gasteiger partial charge in [0.25, 0.3) is 0 Å². The lowest BCUT2D eigenvalue weighted by Gasteiger charge is -2.33. The number of pyridine rings is 2. The molecule has 0 fully saturated rings. The lowest BCUT2D eigenvalue weighted by Crippen LogP contribution is -2.41. The Morgan fingerprint density at radius 3 is 2.44 bits per heavy atom. The summed E-state index contributed by atoms with van der Waals surface area (Å²) < 4.78 is 31.3. The zero-order valence-electron chi connectivity index (χ0n) is 23.8. The zero-order valence-corrected chi connectivity index (χ0v) is 25.3. The number of hydrogen-bond donors (Lipinski definition) is 1. The number of anilines is 1. The maximum Gasteiger partial charge on any atom is 0.410 e. The number of methoxy groups -OCH3 is 1. The molecular weight excluding hydrogens is 570 g/mol. The SMILES string of the molecule is COc1cc(-c2cnc(N)c(OC(C)c3c(Cl)ccc(F)c3Cl)c2)cnc1C1=CCN(C(=O)OC(C)(C)C)CC1C. The van der Waals surface area contributed by atoms with Crippen molar-refractivity contribution in [3.63, 3.8) is 0 Å². The van der Waals surface area contributed by atoms with Crippen molar-refractivity contribution in [2.24, 2.45) is 5.92 Å². The van der Waals surface area contributed by atoms with Gasteiger partial charge in [-0.25, -0.2) is 14.2 Å². The fourth-order valence-corrected chi connectivity index (χ4v) is 5.24. The summed E-state index contributed by atoms with van der Waals surface area (Å²) in [5, 5.41) is 0.161. The Labute approximate surface area is 249 Å². The van der Waals surface area contributed by atoms with E-state index in [9.17, 15) is 9.18 Å². The number of benzene rings is 1. The average molecular weight is 604 g/mol. The number of carbonyl (C=O) groups excluding carboxylic acids is 1. The molecule has 41 heavy (non-hydrogen) atoms. The molecule has 0 saturated carbocycles. The molecule has 2 aromatic heterocycles. The predicted molar refractivity (Wildman–Crippen MR) is 159 cm³/mol. The van der Waals surface area contributed by atoms with Crippen LogP contribution in [0.5, 0.6) is 11.5 Å². The standard InChI is InChI=1S/C30H33Cl2FN4O4/c1-16-15-37(29(38)41-30(3,4)5)10-9-20(16)27-23(39-6)11-18(13-35-27)19-12-24(28(34)36-14-19)40-17(2)25-21(31)7-8-22(33)26(25)32/h7-9,11-14,16-17H,10,15H2,1-6H3,(H2,34,36). The second-order valence-electron chi connectivity index (χ2n) is 10.8. The van der Waals surface area contributed by atoms with Gasteiger partial charge in [0.15, 0.2) is 11.6 Å². The van der Waals surface area contributed by atoms with Crippen LogP contribution in [0.25, 0.3) is 16.7 Å². The van der Waals surface area contributed by atoms with Crippen LogP contribution in [0, 0.1) is 11.7 Å². The van der Waals surface area contributed by atoms with Crippen molar-refractivity contribution < 1.29 is 23.4 Å². The van der Waals surface area contributed by atoms with Crippen LogP contribution in [-0.2, 0) is 4.74 Å². The van der Waals surface area contributed by atoms with Crippen LogP contribution in [0.2, 0.25) is 10.0 Å². The summed E-state index contributed by atoms with van der Waals surface area (Å²) in [5.74, 6) is 0.401. The number of carbonyl (C=O) groups is 1. The molecule has 0 radical (unpaired) electrons. The van der Waals surface area contributed by atoms with Gasteiger partial charge >= 0.3 is 6.09 Å². The van der Waals surface area contributed by atoms with E-state index in [4.69, 9.17) is 48.1 Å². The highest BCUT2D eigenvalue weighted by Crippen LogP contribution is 2.39. The van der Waals surface area contributed by atoms with Crippen molar-refractivity contribution in [3.05, 3.63) is 69.9 Å². The zero-order chi connectivity index (χ0) is 30.1. The van der Waals surface area contributed by atoms with Crippen LogP contribution in [0.4, 0.5) is 15.0 Å². The molecule has 2 N–H and O–H groups in total. The third-order valence-electron chi connectivity index (χ3n) is 6.56. The number of nitrogen functional groups attached to an aromatic ring is 1. The van der Waals surface area contributed by atoms with E-state index in [0.29, 0.717) is 35.7 Å². The van der Waals surface area contributed by atoms with Crippen molar-refractivity contribution in [2.45, 2.75) is 46.3 Å². The summed E-state index contributed by atoms with van der Waals surface area (Å²) in [6, 6.07) is 6.20. The second-order valence-corrected chi connectivity index (χ2v) is 11.6. The van der Waals surface area contributed by atoms with Crippen molar-refractivity contribution in [1.29, 1.82) is 0 Å². The van der Waals surface area contributed by atoms with Gasteiger partial charge in [0.1, 0.15) is 29.0 Å². The molecule has 0 bridgehead atoms. The Morgan fingerprint density at radius 1 is 1.15 bits per heavy atom. The van der Waals surface area contributed by atoms with Gasteiger partial charge in [-0.05, 0) is 57.5 Å². The molecule has 2 atom stereocenters. The molecular formula is C30H33Cl2FN4O4. The smallest absolute Gasteiger partial charge is 0.410 e. The lowest BCUT2D eigenvalue weighted by molar-refractivity contribution is 0.0251. The Morgan fingerprint density at radius 2 is 1.80 bits per heavy atom. The molecule has 3 heterocycles. The second kappa shape index (κ2) is 12.1. The molecule has 0 saturated heterocycles. The monoisotopic (exact) mass is 602 g/mol. The van der Waals surface area contributed by atoms with Crippen LogP contribution in [0.1, 0.15) is 52.0 Å². The Kier molecular flexibility index (Phi) is 8.99. The molecule has 1 aromatic carbocycles. The van der Waals surface area contributed by atoms with E-state index in [1.807, 2.05) is 39.8 Å². The first-order valence-corrected chi connectivity index (χ1v) is 13.8. The van der Waals surface area contributed by atoms with Gasteiger partial charge in [-0.2, -0.15) is 0 Å². The Balaban J connectivity index is 1.59. The Bertz CT molecular complexity index is 1490. The van der Waals surface area contributed by atoms with Gasteiger partial charge in [0.2, 0.25) is 0 Å². The molecule has 11 heteroatoms. The van der Waals surface area contributed by atoms with Crippen molar-refractivity contribution >= 4 is 40.7 Å². The van der Waals surface area contributed by atoms with E-state index in [1.165, 1.54) is 12.1 Å². The number of ether oxygens (including phenoxy) is 3. The Hall–Kier alpha value is -3.56. The van der Waals surface area contributed by atoms with Crippen LogP contribution in [-0.4, -0.2) is 46.8 Å². The third kappa shape index (κ3) is 6.85. The maximum absolute atomic E-state index is 14.1. The number of halogens is 3. The van der Waals surface area contributed by atoms with Crippen molar-refractivity contribution in [2.75, 3.05) is 25.9 Å². The van der Waals surface area contributed by atoms with Crippen LogP contribution < -0.4 is 15.2 Å². The molecule has 8 nitrogen and oxygen atoms in total. The summed E-state index contributed by atoms with van der Waals surface area (Å²) in [7, 11) is 1.58. The van der Waals surface area contributed by atoms with Crippen molar-refractivity contribution in [1.82, 2.24) is 14.9 Å². The summed E-state index contributed by atoms with van der Waals surface area (Å²) in [4.78, 5) is 23.2. The summed E-state index contributed by atoms with van der Waals surface area (Å²) in [6.07, 6.45) is 4.24. The minimum atomic E-state index is -0.708. The molecule has 3 aromatic rings. The van der Waals surface area contributed by atoms with Gasteiger partial charge < -0.3 is 24.8 Å². The molecule has 0 spiro atoms. The minimum Gasteiger partial charge on any atom is -0.494 e. The van der Waals surface area contributed by atoms with Crippen LogP contribution >= 0.6 is 23.2 Å². The van der Waals surface area contributed by atoms with Gasteiger partial charge in [-0.15, -0.1) is 0 Å². The first-order valence-electron chi connectivity index (χ1n) is 13.1. The van der Waals surface area contributed by atoms with Crippen LogP contribution in [0.15, 0.2) is 42.7 Å². The van der Waals surface area contributed by atoms with Gasteiger partial charge in [0, 0.05) is 53.1 Å². The van der Waals surface area contributed by atoms with E-state index in [2.05, 4.69) is 4.98 Å². The van der Waals surface area contributed by atoms with E-state index in [0.717, 1.165) is 11.1 Å². The molecule has 4 rings (SSSR count). The number of aromatic nitrogens is 2. The maximum atomic E-state index is 14.1. The normalized spacial score (nSPS) is 16.2. The first-order chi connectivity index (χ1) is 19.3. The molecule has 218 valence electrons. The number of nitrogens with zero attached hydrogens (tertiary/aromatic N) is 3. The van der Waals surface area contributed by atoms with E-state index >= 15 is 0 Å². The molecule has 1 aliphatic rings. The fourth-order valence-electron chi connectivity index (χ4n) is 4.57. The molecule has 0 aliphatic carbocycles. The summed E-state index contributed by atoms with van der Waals surface area (Å²) in [6.45, 7) is 10.2. The van der Waals surface area contributed by atoms with Crippen LogP contribution in [0.3, 0.4) is 0 Å².